The van der Waals surface area contributed by atoms with Gasteiger partial charge in [0.15, 0.2) is 0 Å². The second kappa shape index (κ2) is 6.19. The zero-order valence-corrected chi connectivity index (χ0v) is 7.03. The average Bonchev–Trinajstić information content (AvgIpc) is 2.36. The predicted octanol–water partition coefficient (Wildman–Crippen LogP) is -2.02. The van der Waals surface area contributed by atoms with Gasteiger partial charge >= 0.3 is 35.6 Å². The number of nitrogens with zero attached hydrogens (tertiary/aromatic N) is 4. The number of amides is 2. The van der Waals surface area contributed by atoms with Gasteiger partial charge in [-0.3, -0.25) is 0 Å². The summed E-state index contributed by atoms with van der Waals surface area (Å²) in [5.74, 6) is 0. The molecule has 13 heavy (non-hydrogen) atoms. The van der Waals surface area contributed by atoms with Crippen LogP contribution in [0.15, 0.2) is 5.16 Å². The van der Waals surface area contributed by atoms with Crippen LogP contribution in [-0.2, 0) is 6.54 Å². The molecule has 0 bridgehead atoms. The summed E-state index contributed by atoms with van der Waals surface area (Å²) in [7, 11) is 0. The van der Waals surface area contributed by atoms with Gasteiger partial charge in [0.2, 0.25) is 5.16 Å². The van der Waals surface area contributed by atoms with Crippen molar-refractivity contribution in [3.63, 3.8) is 0 Å². The van der Waals surface area contributed by atoms with E-state index in [2.05, 4.69) is 33.5 Å². The Morgan fingerprint density at radius 3 is 2.85 bits per heavy atom. The van der Waals surface area contributed by atoms with Gasteiger partial charge in [0, 0.05) is 6.54 Å². The first-order valence-corrected chi connectivity index (χ1v) is 3.63. The van der Waals surface area contributed by atoms with Crippen molar-refractivity contribution in [2.75, 3.05) is 6.54 Å². The van der Waals surface area contributed by atoms with E-state index in [4.69, 9.17) is 5.73 Å². The molecular weight excluding hydrogens is 203 g/mol. The topological polar surface area (TPSA) is 98.7 Å². The molecule has 0 spiro atoms. The molecule has 1 rings (SSSR count). The van der Waals surface area contributed by atoms with Crippen molar-refractivity contribution in [1.82, 2.24) is 25.5 Å². The fraction of sp³-hybridized carbons (Fsp3) is 0.500. The van der Waals surface area contributed by atoms with Crippen LogP contribution in [0.3, 0.4) is 0 Å². The van der Waals surface area contributed by atoms with Gasteiger partial charge in [0.1, 0.15) is 0 Å². The first-order valence-electron chi connectivity index (χ1n) is 3.18. The molecule has 0 saturated carbocycles. The van der Waals surface area contributed by atoms with Crippen LogP contribution in [0, 0.1) is 0 Å². The van der Waals surface area contributed by atoms with E-state index in [1.54, 1.807) is 0 Å². The third-order valence-corrected chi connectivity index (χ3v) is 1.46. The molecule has 7 nitrogen and oxygen atoms in total. The van der Waals surface area contributed by atoms with Gasteiger partial charge in [-0.2, -0.15) is 0 Å². The Morgan fingerprint density at radius 2 is 2.38 bits per heavy atom. The number of tetrazole rings is 1. The SMILES string of the molecule is NC(=O)NCCn1nnnc1S.[NaH]. The normalized spacial score (nSPS) is 9.00. The summed E-state index contributed by atoms with van der Waals surface area (Å²) in [5, 5.41) is 13.3. The number of nitrogens with one attached hydrogen (secondary N) is 1. The van der Waals surface area contributed by atoms with Crippen molar-refractivity contribution in [1.29, 1.82) is 0 Å². The molecule has 0 fully saturated rings. The summed E-state index contributed by atoms with van der Waals surface area (Å²) in [6.45, 7) is 0.836. The van der Waals surface area contributed by atoms with E-state index in [9.17, 15) is 4.79 Å². The van der Waals surface area contributed by atoms with Gasteiger partial charge in [-0.1, -0.05) is 0 Å². The van der Waals surface area contributed by atoms with Crippen molar-refractivity contribution in [2.24, 2.45) is 5.73 Å². The van der Waals surface area contributed by atoms with E-state index in [0.717, 1.165) is 0 Å². The average molecular weight is 212 g/mol. The van der Waals surface area contributed by atoms with Crippen LogP contribution in [0.25, 0.3) is 0 Å². The molecule has 3 N–H and O–H groups in total. The molecule has 9 heteroatoms. The van der Waals surface area contributed by atoms with Crippen molar-refractivity contribution in [3.8, 4) is 0 Å². The molecule has 0 atom stereocenters. The summed E-state index contributed by atoms with van der Waals surface area (Å²) in [6.07, 6.45) is 0. The van der Waals surface area contributed by atoms with Crippen LogP contribution in [0.2, 0.25) is 0 Å². The molecule has 1 aromatic heterocycles. The van der Waals surface area contributed by atoms with Gasteiger partial charge in [-0.25, -0.2) is 9.48 Å². The molecule has 0 aliphatic rings. The van der Waals surface area contributed by atoms with Crippen molar-refractivity contribution < 1.29 is 4.79 Å². The number of carbonyl (C=O) groups excluding carboxylic acids is 1. The number of carbonyl (C=O) groups is 1. The third-order valence-electron chi connectivity index (χ3n) is 1.14. The summed E-state index contributed by atoms with van der Waals surface area (Å²) >= 11 is 3.96. The van der Waals surface area contributed by atoms with Crippen molar-refractivity contribution >= 4 is 48.2 Å². The van der Waals surface area contributed by atoms with Crippen LogP contribution >= 0.6 is 12.6 Å². The Kier molecular flexibility index (Phi) is 6.04. The van der Waals surface area contributed by atoms with Gasteiger partial charge < -0.3 is 11.1 Å². The summed E-state index contributed by atoms with van der Waals surface area (Å²) < 4.78 is 1.44. The monoisotopic (exact) mass is 212 g/mol. The molecule has 68 valence electrons. The second-order valence-electron chi connectivity index (χ2n) is 1.99. The van der Waals surface area contributed by atoms with E-state index < -0.39 is 6.03 Å². The standard InChI is InChI=1S/C4H8N6OS.Na.H/c5-3(11)6-1-2-10-4(12)7-8-9-10;;/h1-2H2,(H3,5,6,11)(H,7,9,12);;. The van der Waals surface area contributed by atoms with E-state index in [1.165, 1.54) is 4.68 Å². The van der Waals surface area contributed by atoms with Crippen LogP contribution in [-0.4, -0.2) is 62.3 Å². The first-order chi connectivity index (χ1) is 5.70. The van der Waals surface area contributed by atoms with Crippen LogP contribution in [0.1, 0.15) is 0 Å². The molecule has 0 aliphatic carbocycles. The molecular formula is C4H9N6NaOS. The summed E-state index contributed by atoms with van der Waals surface area (Å²) in [5.41, 5.74) is 4.84. The van der Waals surface area contributed by atoms with E-state index in [1.807, 2.05) is 0 Å². The number of rotatable bonds is 3. The molecule has 0 radical (unpaired) electrons. The molecule has 0 unspecified atom stereocenters. The molecule has 2 amide bonds. The van der Waals surface area contributed by atoms with Gasteiger partial charge in [-0.05, 0) is 10.4 Å². The molecule has 1 aromatic rings. The van der Waals surface area contributed by atoms with Gasteiger partial charge in [0.25, 0.3) is 0 Å². The number of urea groups is 1. The Balaban J connectivity index is 0.00000144. The Labute approximate surface area is 102 Å². The third kappa shape index (κ3) is 4.46. The van der Waals surface area contributed by atoms with Crippen LogP contribution in [0.4, 0.5) is 4.79 Å². The minimum absolute atomic E-state index is 0. The fourth-order valence-electron chi connectivity index (χ4n) is 0.630. The van der Waals surface area contributed by atoms with E-state index in [-0.39, 0.29) is 29.6 Å². The molecule has 1 heterocycles. The number of nitrogens with two attached hydrogens (primary N) is 1. The number of hydrogen-bond acceptors (Lipinski definition) is 5. The van der Waals surface area contributed by atoms with Gasteiger partial charge in [0.05, 0.1) is 6.54 Å². The van der Waals surface area contributed by atoms with Crippen LogP contribution < -0.4 is 11.1 Å². The zero-order chi connectivity index (χ0) is 8.97. The Hall–Kier alpha value is -0.310. The predicted molar refractivity (Wildman–Crippen MR) is 49.8 cm³/mol. The quantitative estimate of drug-likeness (QED) is 0.398. The van der Waals surface area contributed by atoms with E-state index >= 15 is 0 Å². The number of aromatic nitrogens is 4. The number of hydrogen-bond donors (Lipinski definition) is 3. The van der Waals surface area contributed by atoms with Crippen molar-refractivity contribution in [3.05, 3.63) is 0 Å². The number of thiol groups is 1. The number of primary amides is 1. The van der Waals surface area contributed by atoms with Gasteiger partial charge in [-0.15, -0.1) is 17.7 Å². The fourth-order valence-corrected chi connectivity index (χ4v) is 0.810. The molecule has 0 aromatic carbocycles. The molecule has 0 aliphatic heterocycles. The van der Waals surface area contributed by atoms with E-state index in [0.29, 0.717) is 18.2 Å². The maximum absolute atomic E-state index is 10.2. The minimum atomic E-state index is -0.566. The summed E-state index contributed by atoms with van der Waals surface area (Å²) in [4.78, 5) is 10.2. The van der Waals surface area contributed by atoms with Crippen molar-refractivity contribution in [2.45, 2.75) is 11.7 Å². The van der Waals surface area contributed by atoms with Crippen LogP contribution in [0.5, 0.6) is 0 Å². The zero-order valence-electron chi connectivity index (χ0n) is 6.14. The Morgan fingerprint density at radius 1 is 1.69 bits per heavy atom. The Bertz CT molecular complexity index is 277. The maximum atomic E-state index is 10.2. The second-order valence-corrected chi connectivity index (χ2v) is 2.39. The summed E-state index contributed by atoms with van der Waals surface area (Å²) in [6, 6.07) is -0.566. The first kappa shape index (κ1) is 12.7. The molecule has 0 saturated heterocycles.